The molecule has 0 radical (unpaired) electrons. The highest BCUT2D eigenvalue weighted by Gasteiger charge is 2.12. The third kappa shape index (κ3) is 4.62. The maximum Gasteiger partial charge on any atom is 0.274 e. The van der Waals surface area contributed by atoms with Crippen LogP contribution in [-0.4, -0.2) is 17.7 Å². The third-order valence-corrected chi connectivity index (χ3v) is 4.68. The number of aliphatic imine (C=N–C) groups is 1. The molecule has 3 rings (SSSR count). The van der Waals surface area contributed by atoms with Crippen molar-refractivity contribution in [2.24, 2.45) is 4.99 Å². The third-order valence-electron chi connectivity index (χ3n) is 4.68. The molecular weight excluding hydrogens is 350 g/mol. The monoisotopic (exact) mass is 373 g/mol. The van der Waals surface area contributed by atoms with Gasteiger partial charge in [0.1, 0.15) is 0 Å². The second kappa shape index (κ2) is 8.95. The number of anilines is 1. The minimum absolute atomic E-state index is 0.0875. The molecule has 0 N–H and O–H groups in total. The summed E-state index contributed by atoms with van der Waals surface area (Å²) in [6, 6.07) is 23.5. The van der Waals surface area contributed by atoms with Gasteiger partial charge in [-0.15, -0.1) is 0 Å². The van der Waals surface area contributed by atoms with E-state index in [9.17, 15) is 10.1 Å². The van der Waals surface area contributed by atoms with Crippen LogP contribution in [0.25, 0.3) is 0 Å². The fourth-order valence-electron chi connectivity index (χ4n) is 3.05. The molecule has 0 spiro atoms. The molecule has 0 aromatic heterocycles. The van der Waals surface area contributed by atoms with E-state index in [-0.39, 0.29) is 10.6 Å². The molecule has 0 aliphatic rings. The van der Waals surface area contributed by atoms with Crippen LogP contribution < -0.4 is 4.90 Å². The molecule has 0 aliphatic heterocycles. The highest BCUT2D eigenvalue weighted by molar-refractivity contribution is 5.83. The minimum atomic E-state index is -0.380. The number of hydrogen-bond donors (Lipinski definition) is 0. The molecule has 3 aromatic carbocycles. The Hall–Kier alpha value is -3.47. The average Bonchev–Trinajstić information content (AvgIpc) is 2.72. The van der Waals surface area contributed by atoms with Crippen molar-refractivity contribution in [3.05, 3.63) is 99.6 Å². The van der Waals surface area contributed by atoms with Gasteiger partial charge in [-0.05, 0) is 43.2 Å². The number of rotatable bonds is 7. The Bertz CT molecular complexity index is 967. The predicted octanol–water partition coefficient (Wildman–Crippen LogP) is 5.68. The van der Waals surface area contributed by atoms with Crippen LogP contribution in [0.1, 0.15) is 23.6 Å². The van der Waals surface area contributed by atoms with E-state index >= 15 is 0 Å². The lowest BCUT2D eigenvalue weighted by molar-refractivity contribution is -0.385. The van der Waals surface area contributed by atoms with Crippen molar-refractivity contribution < 1.29 is 4.92 Å². The molecular formula is C23H23N3O2. The van der Waals surface area contributed by atoms with Gasteiger partial charge in [-0.1, -0.05) is 48.5 Å². The number of hydrogen-bond acceptors (Lipinski definition) is 4. The van der Waals surface area contributed by atoms with Gasteiger partial charge in [-0.2, -0.15) is 0 Å². The SMILES string of the molecule is CCN(Cc1ccccc1)c1ccc(C=Nc2cccc([N+](=O)[O-])c2C)cc1. The fourth-order valence-corrected chi connectivity index (χ4v) is 3.05. The summed E-state index contributed by atoms with van der Waals surface area (Å²) < 4.78 is 0. The van der Waals surface area contributed by atoms with Crippen LogP contribution in [0.5, 0.6) is 0 Å². The van der Waals surface area contributed by atoms with E-state index in [2.05, 4.69) is 53.2 Å². The van der Waals surface area contributed by atoms with Crippen molar-refractivity contribution >= 4 is 23.3 Å². The number of nitrogens with zero attached hydrogens (tertiary/aromatic N) is 3. The largest absolute Gasteiger partial charge is 0.367 e. The van der Waals surface area contributed by atoms with E-state index in [1.807, 2.05) is 18.2 Å². The van der Waals surface area contributed by atoms with Crippen LogP contribution in [0.4, 0.5) is 17.1 Å². The molecule has 5 heteroatoms. The second-order valence-corrected chi connectivity index (χ2v) is 6.53. The van der Waals surface area contributed by atoms with Crippen molar-refractivity contribution in [1.29, 1.82) is 0 Å². The van der Waals surface area contributed by atoms with Crippen molar-refractivity contribution in [1.82, 2.24) is 0 Å². The van der Waals surface area contributed by atoms with Gasteiger partial charge in [0, 0.05) is 31.1 Å². The topological polar surface area (TPSA) is 58.7 Å². The van der Waals surface area contributed by atoms with Gasteiger partial charge >= 0.3 is 0 Å². The van der Waals surface area contributed by atoms with Crippen molar-refractivity contribution in [2.75, 3.05) is 11.4 Å². The fraction of sp³-hybridized carbons (Fsp3) is 0.174. The zero-order valence-electron chi connectivity index (χ0n) is 16.1. The van der Waals surface area contributed by atoms with Crippen molar-refractivity contribution in [3.63, 3.8) is 0 Å². The van der Waals surface area contributed by atoms with Crippen molar-refractivity contribution in [3.8, 4) is 0 Å². The molecule has 28 heavy (non-hydrogen) atoms. The molecule has 0 aliphatic carbocycles. The Morgan fingerprint density at radius 3 is 2.36 bits per heavy atom. The summed E-state index contributed by atoms with van der Waals surface area (Å²) in [6.45, 7) is 5.63. The Morgan fingerprint density at radius 2 is 1.71 bits per heavy atom. The van der Waals surface area contributed by atoms with Gasteiger partial charge in [0.25, 0.3) is 5.69 Å². The molecule has 5 nitrogen and oxygen atoms in total. The first-order chi connectivity index (χ1) is 13.6. The maximum absolute atomic E-state index is 11.1. The van der Waals surface area contributed by atoms with Gasteiger partial charge < -0.3 is 4.90 Å². The first kappa shape index (κ1) is 19.3. The number of nitro groups is 1. The molecule has 0 atom stereocenters. The van der Waals surface area contributed by atoms with E-state index in [1.54, 1.807) is 25.3 Å². The smallest absolute Gasteiger partial charge is 0.274 e. The summed E-state index contributed by atoms with van der Waals surface area (Å²) in [6.07, 6.45) is 1.74. The molecule has 0 saturated heterocycles. The zero-order valence-corrected chi connectivity index (χ0v) is 16.1. The summed E-state index contributed by atoms with van der Waals surface area (Å²) in [4.78, 5) is 17.4. The van der Waals surface area contributed by atoms with E-state index < -0.39 is 0 Å². The summed E-state index contributed by atoms with van der Waals surface area (Å²) in [7, 11) is 0. The van der Waals surface area contributed by atoms with Crippen molar-refractivity contribution in [2.45, 2.75) is 20.4 Å². The Labute approximate surface area is 165 Å². The lowest BCUT2D eigenvalue weighted by atomic mass is 10.1. The second-order valence-electron chi connectivity index (χ2n) is 6.53. The van der Waals surface area contributed by atoms with Gasteiger partial charge in [-0.3, -0.25) is 15.1 Å². The first-order valence-corrected chi connectivity index (χ1v) is 9.25. The van der Waals surface area contributed by atoms with Gasteiger partial charge in [0.15, 0.2) is 0 Å². The summed E-state index contributed by atoms with van der Waals surface area (Å²) >= 11 is 0. The lowest BCUT2D eigenvalue weighted by Gasteiger charge is -2.23. The Kier molecular flexibility index (Phi) is 6.17. The van der Waals surface area contributed by atoms with E-state index in [0.29, 0.717) is 11.3 Å². The molecule has 0 fully saturated rings. The van der Waals surface area contributed by atoms with Crippen LogP contribution >= 0.6 is 0 Å². The highest BCUT2D eigenvalue weighted by Crippen LogP contribution is 2.27. The maximum atomic E-state index is 11.1. The molecule has 0 heterocycles. The summed E-state index contributed by atoms with van der Waals surface area (Å²) in [5.41, 5.74) is 4.64. The number of benzene rings is 3. The van der Waals surface area contributed by atoms with Gasteiger partial charge in [0.05, 0.1) is 16.2 Å². The van der Waals surface area contributed by atoms with Crippen LogP contribution in [0, 0.1) is 17.0 Å². The van der Waals surface area contributed by atoms with E-state index in [4.69, 9.17) is 0 Å². The van der Waals surface area contributed by atoms with Crippen LogP contribution in [-0.2, 0) is 6.54 Å². The summed E-state index contributed by atoms with van der Waals surface area (Å²) in [5.74, 6) is 0. The van der Waals surface area contributed by atoms with Crippen LogP contribution in [0.3, 0.4) is 0 Å². The summed E-state index contributed by atoms with van der Waals surface area (Å²) in [5, 5.41) is 11.1. The standard InChI is InChI=1S/C23H23N3O2/c1-3-25(17-20-8-5-4-6-9-20)21-14-12-19(13-15-21)16-24-22-10-7-11-23(18(22)2)26(27)28/h4-16H,3,17H2,1-2H3. The van der Waals surface area contributed by atoms with E-state index in [1.165, 1.54) is 11.6 Å². The van der Waals surface area contributed by atoms with Gasteiger partial charge in [-0.25, -0.2) is 0 Å². The minimum Gasteiger partial charge on any atom is -0.367 e. The molecule has 0 amide bonds. The van der Waals surface area contributed by atoms with Gasteiger partial charge in [0.2, 0.25) is 0 Å². The first-order valence-electron chi connectivity index (χ1n) is 9.25. The molecule has 142 valence electrons. The average molecular weight is 373 g/mol. The van der Waals surface area contributed by atoms with Crippen LogP contribution in [0.15, 0.2) is 77.8 Å². The Morgan fingerprint density at radius 1 is 1.00 bits per heavy atom. The highest BCUT2D eigenvalue weighted by atomic mass is 16.6. The Balaban J connectivity index is 1.74. The lowest BCUT2D eigenvalue weighted by Crippen LogP contribution is -2.21. The van der Waals surface area contributed by atoms with Crippen LogP contribution in [0.2, 0.25) is 0 Å². The normalized spacial score (nSPS) is 10.9. The predicted molar refractivity (Wildman–Crippen MR) is 115 cm³/mol. The molecule has 3 aromatic rings. The zero-order chi connectivity index (χ0) is 19.9. The molecule has 0 saturated carbocycles. The number of nitro benzene ring substituents is 1. The molecule has 0 unspecified atom stereocenters. The van der Waals surface area contributed by atoms with E-state index in [0.717, 1.165) is 24.3 Å². The molecule has 0 bridgehead atoms. The quantitative estimate of drug-likeness (QED) is 0.304.